The van der Waals surface area contributed by atoms with Crippen molar-refractivity contribution in [2.45, 2.75) is 50.7 Å². The molecule has 0 amide bonds. The van der Waals surface area contributed by atoms with Gasteiger partial charge in [0.1, 0.15) is 12.2 Å². The van der Waals surface area contributed by atoms with Gasteiger partial charge in [0.25, 0.3) is 0 Å². The van der Waals surface area contributed by atoms with Crippen LogP contribution in [0.3, 0.4) is 0 Å². The summed E-state index contributed by atoms with van der Waals surface area (Å²) in [5, 5.41) is 0. The molecule has 0 aromatic heterocycles. The molecule has 0 bridgehead atoms. The van der Waals surface area contributed by atoms with Gasteiger partial charge in [0.05, 0.1) is 0 Å². The Kier molecular flexibility index (Phi) is 2.70. The minimum atomic E-state index is -0.0987. The number of hydrogen-bond donors (Lipinski definition) is 0. The molecule has 0 saturated carbocycles. The van der Waals surface area contributed by atoms with Crippen LogP contribution >= 0.6 is 0 Å². The van der Waals surface area contributed by atoms with Crippen LogP contribution < -0.4 is 0 Å². The molecule has 0 spiro atoms. The van der Waals surface area contributed by atoms with Gasteiger partial charge >= 0.3 is 11.9 Å². The molecule has 2 rings (SSSR count). The van der Waals surface area contributed by atoms with Crippen molar-refractivity contribution in [3.8, 4) is 0 Å². The van der Waals surface area contributed by atoms with Crippen LogP contribution in [0.2, 0.25) is 0 Å². The molecule has 4 nitrogen and oxygen atoms in total. The topological polar surface area (TPSA) is 52.6 Å². The quantitative estimate of drug-likeness (QED) is 0.639. The van der Waals surface area contributed by atoms with Gasteiger partial charge in [0.15, 0.2) is 0 Å². The van der Waals surface area contributed by atoms with Crippen molar-refractivity contribution in [3.63, 3.8) is 0 Å². The molecule has 2 heterocycles. The highest BCUT2D eigenvalue weighted by atomic mass is 16.6. The maximum Gasteiger partial charge on any atom is 0.306 e. The highest BCUT2D eigenvalue weighted by Gasteiger charge is 2.27. The standard InChI is InChI=1S/C10H14O4/c11-9-5-3-7(13-9)1-2-8-4-6-10(12)14-8/h7-8H,1-6H2. The fourth-order valence-electron chi connectivity index (χ4n) is 1.94. The van der Waals surface area contributed by atoms with E-state index in [1.807, 2.05) is 0 Å². The van der Waals surface area contributed by atoms with Crippen molar-refractivity contribution >= 4 is 11.9 Å². The minimum Gasteiger partial charge on any atom is -0.462 e. The Bertz CT molecular complexity index is 223. The molecular weight excluding hydrogens is 184 g/mol. The van der Waals surface area contributed by atoms with Crippen molar-refractivity contribution in [3.05, 3.63) is 0 Å². The van der Waals surface area contributed by atoms with E-state index < -0.39 is 0 Å². The van der Waals surface area contributed by atoms with Crippen LogP contribution in [0.25, 0.3) is 0 Å². The van der Waals surface area contributed by atoms with E-state index >= 15 is 0 Å². The van der Waals surface area contributed by atoms with Gasteiger partial charge < -0.3 is 9.47 Å². The van der Waals surface area contributed by atoms with Crippen LogP contribution in [-0.4, -0.2) is 24.1 Å². The second-order valence-corrected chi connectivity index (χ2v) is 3.88. The average Bonchev–Trinajstić information content (AvgIpc) is 2.72. The van der Waals surface area contributed by atoms with Crippen LogP contribution in [0, 0.1) is 0 Å². The Morgan fingerprint density at radius 1 is 0.929 bits per heavy atom. The molecule has 2 unspecified atom stereocenters. The lowest BCUT2D eigenvalue weighted by Gasteiger charge is -2.12. The van der Waals surface area contributed by atoms with Crippen molar-refractivity contribution in [2.75, 3.05) is 0 Å². The summed E-state index contributed by atoms with van der Waals surface area (Å²) in [4.78, 5) is 21.6. The zero-order valence-corrected chi connectivity index (χ0v) is 8.03. The maximum atomic E-state index is 10.8. The van der Waals surface area contributed by atoms with Crippen molar-refractivity contribution < 1.29 is 19.1 Å². The maximum absolute atomic E-state index is 10.8. The molecule has 0 aromatic rings. The first-order valence-electron chi connectivity index (χ1n) is 5.13. The first-order chi connectivity index (χ1) is 6.74. The van der Waals surface area contributed by atoms with Gasteiger partial charge in [-0.3, -0.25) is 9.59 Å². The van der Waals surface area contributed by atoms with Gasteiger partial charge in [-0.1, -0.05) is 0 Å². The highest BCUT2D eigenvalue weighted by Crippen LogP contribution is 2.23. The molecule has 0 radical (unpaired) electrons. The highest BCUT2D eigenvalue weighted by molar-refractivity contribution is 5.71. The normalized spacial score (nSPS) is 31.7. The van der Waals surface area contributed by atoms with Gasteiger partial charge in [0, 0.05) is 12.8 Å². The molecule has 2 saturated heterocycles. The summed E-state index contributed by atoms with van der Waals surface area (Å²) in [6, 6.07) is 0. The Morgan fingerprint density at radius 3 is 1.64 bits per heavy atom. The largest absolute Gasteiger partial charge is 0.462 e. The van der Waals surface area contributed by atoms with E-state index in [4.69, 9.17) is 9.47 Å². The third kappa shape index (κ3) is 2.25. The van der Waals surface area contributed by atoms with Crippen molar-refractivity contribution in [1.29, 1.82) is 0 Å². The second-order valence-electron chi connectivity index (χ2n) is 3.88. The average molecular weight is 198 g/mol. The van der Waals surface area contributed by atoms with E-state index in [2.05, 4.69) is 0 Å². The van der Waals surface area contributed by atoms with E-state index in [1.165, 1.54) is 0 Å². The van der Waals surface area contributed by atoms with Crippen LogP contribution in [0.1, 0.15) is 38.5 Å². The van der Waals surface area contributed by atoms with Crippen LogP contribution in [0.4, 0.5) is 0 Å². The lowest BCUT2D eigenvalue weighted by Crippen LogP contribution is -2.13. The van der Waals surface area contributed by atoms with Gasteiger partial charge in [0.2, 0.25) is 0 Å². The molecule has 14 heavy (non-hydrogen) atoms. The van der Waals surface area contributed by atoms with E-state index in [0.717, 1.165) is 25.7 Å². The third-order valence-corrected chi connectivity index (χ3v) is 2.75. The zero-order chi connectivity index (χ0) is 9.97. The van der Waals surface area contributed by atoms with Crippen LogP contribution in [-0.2, 0) is 19.1 Å². The molecule has 0 aliphatic carbocycles. The SMILES string of the molecule is O=C1CCC(CCC2CCC(=O)O2)O1. The number of esters is 2. The van der Waals surface area contributed by atoms with E-state index in [1.54, 1.807) is 0 Å². The minimum absolute atomic E-state index is 0.0572. The van der Waals surface area contributed by atoms with Gasteiger partial charge in [-0.15, -0.1) is 0 Å². The molecule has 2 aliphatic rings. The number of cyclic esters (lactones) is 2. The lowest BCUT2D eigenvalue weighted by atomic mass is 10.1. The molecular formula is C10H14O4. The second kappa shape index (κ2) is 3.98. The Balaban J connectivity index is 1.67. The summed E-state index contributed by atoms with van der Waals surface area (Å²) in [6.45, 7) is 0. The van der Waals surface area contributed by atoms with Gasteiger partial charge in [-0.2, -0.15) is 0 Å². The fourth-order valence-corrected chi connectivity index (χ4v) is 1.94. The summed E-state index contributed by atoms with van der Waals surface area (Å²) in [5.41, 5.74) is 0. The zero-order valence-electron chi connectivity index (χ0n) is 8.03. The van der Waals surface area contributed by atoms with Gasteiger partial charge in [-0.05, 0) is 25.7 Å². The van der Waals surface area contributed by atoms with Crippen LogP contribution in [0.15, 0.2) is 0 Å². The van der Waals surface area contributed by atoms with E-state index in [-0.39, 0.29) is 24.1 Å². The summed E-state index contributed by atoms with van der Waals surface area (Å²) in [6.07, 6.45) is 4.47. The number of ether oxygens (including phenoxy) is 2. The number of hydrogen-bond acceptors (Lipinski definition) is 4. The third-order valence-electron chi connectivity index (χ3n) is 2.75. The monoisotopic (exact) mass is 198 g/mol. The molecule has 0 N–H and O–H groups in total. The Labute approximate surface area is 82.6 Å². The van der Waals surface area contributed by atoms with Crippen molar-refractivity contribution in [2.24, 2.45) is 0 Å². The Morgan fingerprint density at radius 2 is 1.36 bits per heavy atom. The first-order valence-corrected chi connectivity index (χ1v) is 5.13. The van der Waals surface area contributed by atoms with E-state index in [9.17, 15) is 9.59 Å². The summed E-state index contributed by atoms with van der Waals surface area (Å²) in [7, 11) is 0. The molecule has 2 fully saturated rings. The predicted octanol–water partition coefficient (Wildman–Crippen LogP) is 1.18. The molecule has 0 aromatic carbocycles. The van der Waals surface area contributed by atoms with Gasteiger partial charge in [-0.25, -0.2) is 0 Å². The van der Waals surface area contributed by atoms with E-state index in [0.29, 0.717) is 12.8 Å². The molecule has 2 atom stereocenters. The lowest BCUT2D eigenvalue weighted by molar-refractivity contribution is -0.144. The summed E-state index contributed by atoms with van der Waals surface area (Å²) < 4.78 is 10.1. The molecule has 4 heteroatoms. The number of rotatable bonds is 3. The summed E-state index contributed by atoms with van der Waals surface area (Å²) in [5.74, 6) is -0.197. The number of carbonyl (C=O) groups excluding carboxylic acids is 2. The number of carbonyl (C=O) groups is 2. The molecule has 2 aliphatic heterocycles. The Hall–Kier alpha value is -1.06. The molecule has 78 valence electrons. The predicted molar refractivity (Wildman–Crippen MR) is 47.5 cm³/mol. The smallest absolute Gasteiger partial charge is 0.306 e. The summed E-state index contributed by atoms with van der Waals surface area (Å²) >= 11 is 0. The first kappa shape index (κ1) is 9.49. The van der Waals surface area contributed by atoms with Crippen LogP contribution in [0.5, 0.6) is 0 Å². The fraction of sp³-hybridized carbons (Fsp3) is 0.800. The van der Waals surface area contributed by atoms with Crippen molar-refractivity contribution in [1.82, 2.24) is 0 Å².